The molecule has 0 heterocycles. The highest BCUT2D eigenvalue weighted by molar-refractivity contribution is 6.12. The van der Waals surface area contributed by atoms with Crippen molar-refractivity contribution in [2.24, 2.45) is 16.3 Å². The van der Waals surface area contributed by atoms with E-state index in [1.807, 2.05) is 24.3 Å². The standard InChI is InChI=1S/C16H23N3O2/c1-3-12-6-8-13(9-7-12)19(2)15(20)16(14(17)18-21)10-4-5-11-16/h6-9,21H,3-5,10-11H2,1-2H3,(H2,17,18). The van der Waals surface area contributed by atoms with E-state index in [-0.39, 0.29) is 11.7 Å². The van der Waals surface area contributed by atoms with E-state index in [4.69, 9.17) is 10.9 Å². The highest BCUT2D eigenvalue weighted by Crippen LogP contribution is 2.40. The van der Waals surface area contributed by atoms with E-state index < -0.39 is 5.41 Å². The van der Waals surface area contributed by atoms with Crippen molar-refractivity contribution in [2.75, 3.05) is 11.9 Å². The summed E-state index contributed by atoms with van der Waals surface area (Å²) in [5.74, 6) is -0.0680. The maximum absolute atomic E-state index is 12.9. The molecule has 1 aromatic rings. The molecule has 1 saturated carbocycles. The number of hydrogen-bond acceptors (Lipinski definition) is 3. The van der Waals surface area contributed by atoms with Gasteiger partial charge in [-0.15, -0.1) is 0 Å². The van der Waals surface area contributed by atoms with Gasteiger partial charge in [-0.05, 0) is 37.0 Å². The molecule has 0 spiro atoms. The van der Waals surface area contributed by atoms with E-state index in [0.717, 1.165) is 24.9 Å². The van der Waals surface area contributed by atoms with Crippen molar-refractivity contribution in [3.63, 3.8) is 0 Å². The Bertz CT molecular complexity index is 531. The minimum Gasteiger partial charge on any atom is -0.409 e. The van der Waals surface area contributed by atoms with Crippen LogP contribution in [0, 0.1) is 5.41 Å². The first-order chi connectivity index (χ1) is 10.0. The summed E-state index contributed by atoms with van der Waals surface area (Å²) in [6.45, 7) is 2.09. The summed E-state index contributed by atoms with van der Waals surface area (Å²) in [5, 5.41) is 12.1. The Balaban J connectivity index is 2.28. The van der Waals surface area contributed by atoms with E-state index in [0.29, 0.717) is 12.8 Å². The van der Waals surface area contributed by atoms with Gasteiger partial charge in [0.15, 0.2) is 5.84 Å². The minimum absolute atomic E-state index is 0.0297. The molecule has 21 heavy (non-hydrogen) atoms. The van der Waals surface area contributed by atoms with Crippen LogP contribution in [0.1, 0.15) is 38.2 Å². The molecule has 1 aliphatic rings. The van der Waals surface area contributed by atoms with Crippen molar-refractivity contribution < 1.29 is 10.0 Å². The molecule has 3 N–H and O–H groups in total. The van der Waals surface area contributed by atoms with Gasteiger partial charge in [0.05, 0.1) is 0 Å². The lowest BCUT2D eigenvalue weighted by molar-refractivity contribution is -0.124. The lowest BCUT2D eigenvalue weighted by atomic mass is 9.83. The molecule has 5 nitrogen and oxygen atoms in total. The fraction of sp³-hybridized carbons (Fsp3) is 0.500. The maximum atomic E-state index is 12.9. The topological polar surface area (TPSA) is 78.9 Å². The minimum atomic E-state index is -0.854. The van der Waals surface area contributed by atoms with Crippen molar-refractivity contribution in [3.8, 4) is 0 Å². The van der Waals surface area contributed by atoms with E-state index in [2.05, 4.69) is 12.1 Å². The maximum Gasteiger partial charge on any atom is 0.240 e. The number of hydrogen-bond donors (Lipinski definition) is 2. The summed E-state index contributed by atoms with van der Waals surface area (Å²) in [4.78, 5) is 14.5. The number of nitrogens with zero attached hydrogens (tertiary/aromatic N) is 2. The number of anilines is 1. The summed E-state index contributed by atoms with van der Waals surface area (Å²) in [6, 6.07) is 7.91. The van der Waals surface area contributed by atoms with Gasteiger partial charge in [-0.2, -0.15) is 0 Å². The zero-order chi connectivity index (χ0) is 15.5. The lowest BCUT2D eigenvalue weighted by Gasteiger charge is -2.31. The van der Waals surface area contributed by atoms with E-state index in [1.54, 1.807) is 11.9 Å². The first-order valence-electron chi connectivity index (χ1n) is 7.40. The number of amides is 1. The predicted octanol–water partition coefficient (Wildman–Crippen LogP) is 2.52. The van der Waals surface area contributed by atoms with E-state index in [1.165, 1.54) is 5.56 Å². The van der Waals surface area contributed by atoms with Crippen LogP contribution in [0.2, 0.25) is 0 Å². The average Bonchev–Trinajstić information content (AvgIpc) is 3.03. The van der Waals surface area contributed by atoms with Gasteiger partial charge in [0, 0.05) is 12.7 Å². The molecule has 0 bridgehead atoms. The zero-order valence-corrected chi connectivity index (χ0v) is 12.7. The molecule has 1 amide bonds. The number of amidine groups is 1. The summed E-state index contributed by atoms with van der Waals surface area (Å²) >= 11 is 0. The average molecular weight is 289 g/mol. The Kier molecular flexibility index (Phi) is 4.50. The molecule has 2 rings (SSSR count). The van der Waals surface area contributed by atoms with Crippen LogP contribution >= 0.6 is 0 Å². The second-order valence-corrected chi connectivity index (χ2v) is 5.66. The van der Waals surface area contributed by atoms with Crippen LogP contribution in [0.4, 0.5) is 5.69 Å². The second kappa shape index (κ2) is 6.16. The highest BCUT2D eigenvalue weighted by atomic mass is 16.4. The lowest BCUT2D eigenvalue weighted by Crippen LogP contribution is -2.49. The number of benzene rings is 1. The third kappa shape index (κ3) is 2.73. The molecule has 1 aliphatic carbocycles. The molecular weight excluding hydrogens is 266 g/mol. The highest BCUT2D eigenvalue weighted by Gasteiger charge is 2.47. The van der Waals surface area contributed by atoms with Crippen LogP contribution in [0.15, 0.2) is 29.4 Å². The van der Waals surface area contributed by atoms with Crippen LogP contribution in [0.5, 0.6) is 0 Å². The number of nitrogens with two attached hydrogens (primary N) is 1. The fourth-order valence-electron chi connectivity index (χ4n) is 3.05. The molecule has 114 valence electrons. The van der Waals surface area contributed by atoms with Crippen molar-refractivity contribution in [1.82, 2.24) is 0 Å². The van der Waals surface area contributed by atoms with Gasteiger partial charge < -0.3 is 15.8 Å². The van der Waals surface area contributed by atoms with Crippen LogP contribution in [0.3, 0.4) is 0 Å². The number of oxime groups is 1. The van der Waals surface area contributed by atoms with Gasteiger partial charge in [0.25, 0.3) is 0 Å². The van der Waals surface area contributed by atoms with Crippen LogP contribution < -0.4 is 10.6 Å². The normalized spacial score (nSPS) is 17.7. The third-order valence-electron chi connectivity index (χ3n) is 4.50. The molecule has 0 atom stereocenters. The first-order valence-corrected chi connectivity index (χ1v) is 7.40. The largest absolute Gasteiger partial charge is 0.409 e. The Morgan fingerprint density at radius 2 is 1.90 bits per heavy atom. The monoisotopic (exact) mass is 289 g/mol. The number of aryl methyl sites for hydroxylation is 1. The molecule has 0 saturated heterocycles. The van der Waals surface area contributed by atoms with Gasteiger partial charge >= 0.3 is 0 Å². The second-order valence-electron chi connectivity index (χ2n) is 5.66. The predicted molar refractivity (Wildman–Crippen MR) is 83.5 cm³/mol. The van der Waals surface area contributed by atoms with E-state index in [9.17, 15) is 4.79 Å². The zero-order valence-electron chi connectivity index (χ0n) is 12.7. The summed E-state index contributed by atoms with van der Waals surface area (Å²) < 4.78 is 0. The molecule has 1 fully saturated rings. The van der Waals surface area contributed by atoms with Gasteiger partial charge in [-0.1, -0.05) is 37.1 Å². The number of carbonyl (C=O) groups is 1. The smallest absolute Gasteiger partial charge is 0.240 e. The molecule has 0 unspecified atom stereocenters. The SMILES string of the molecule is CCc1ccc(N(C)C(=O)C2(C(N)=NO)CCCC2)cc1. The Hall–Kier alpha value is -2.04. The molecular formula is C16H23N3O2. The Morgan fingerprint density at radius 3 is 2.38 bits per heavy atom. The Labute approximate surface area is 125 Å². The molecule has 0 aromatic heterocycles. The fourth-order valence-corrected chi connectivity index (χ4v) is 3.05. The van der Waals surface area contributed by atoms with Gasteiger partial charge in [-0.25, -0.2) is 0 Å². The van der Waals surface area contributed by atoms with Crippen molar-refractivity contribution in [2.45, 2.75) is 39.0 Å². The van der Waals surface area contributed by atoms with Crippen molar-refractivity contribution >= 4 is 17.4 Å². The number of rotatable bonds is 4. The van der Waals surface area contributed by atoms with Crippen LogP contribution in [0.25, 0.3) is 0 Å². The molecule has 0 aliphatic heterocycles. The summed E-state index contributed by atoms with van der Waals surface area (Å²) in [5.41, 5.74) is 7.03. The summed E-state index contributed by atoms with van der Waals surface area (Å²) in [7, 11) is 1.74. The van der Waals surface area contributed by atoms with Crippen molar-refractivity contribution in [1.29, 1.82) is 0 Å². The molecule has 5 heteroatoms. The summed E-state index contributed by atoms with van der Waals surface area (Å²) in [6.07, 6.45) is 4.08. The van der Waals surface area contributed by atoms with Gasteiger partial charge in [-0.3, -0.25) is 4.79 Å². The quantitative estimate of drug-likeness (QED) is 0.387. The Morgan fingerprint density at radius 1 is 1.33 bits per heavy atom. The van der Waals surface area contributed by atoms with Crippen LogP contribution in [-0.4, -0.2) is 24.0 Å². The third-order valence-corrected chi connectivity index (χ3v) is 4.50. The van der Waals surface area contributed by atoms with Gasteiger partial charge in [0.1, 0.15) is 5.41 Å². The van der Waals surface area contributed by atoms with Crippen molar-refractivity contribution in [3.05, 3.63) is 29.8 Å². The first kappa shape index (κ1) is 15.4. The van der Waals surface area contributed by atoms with Crippen LogP contribution in [-0.2, 0) is 11.2 Å². The molecule has 0 radical (unpaired) electrons. The van der Waals surface area contributed by atoms with E-state index >= 15 is 0 Å². The number of carbonyl (C=O) groups excluding carboxylic acids is 1. The van der Waals surface area contributed by atoms with Gasteiger partial charge in [0.2, 0.25) is 5.91 Å². The molecule has 1 aromatic carbocycles.